The molecule has 17 heavy (non-hydrogen) atoms. The van der Waals surface area contributed by atoms with Crippen molar-refractivity contribution in [1.29, 1.82) is 0 Å². The van der Waals surface area contributed by atoms with E-state index in [9.17, 15) is 4.79 Å². The van der Waals surface area contributed by atoms with Gasteiger partial charge in [0.2, 0.25) is 5.88 Å². The SMILES string of the molecule is CCCC(C)NC(=O)c1cc2n(n1)CCCO2. The number of carbonyl (C=O) groups is 1. The summed E-state index contributed by atoms with van der Waals surface area (Å²) >= 11 is 0. The number of aryl methyl sites for hydroxylation is 1. The Morgan fingerprint density at radius 3 is 3.24 bits per heavy atom. The first kappa shape index (κ1) is 12.0. The van der Waals surface area contributed by atoms with Gasteiger partial charge in [-0.2, -0.15) is 5.10 Å². The molecule has 5 heteroatoms. The molecule has 2 rings (SSSR count). The number of ether oxygens (including phenoxy) is 1. The molecule has 0 aromatic carbocycles. The lowest BCUT2D eigenvalue weighted by Gasteiger charge is -2.13. The summed E-state index contributed by atoms with van der Waals surface area (Å²) in [6.07, 6.45) is 2.99. The molecule has 1 N–H and O–H groups in total. The van der Waals surface area contributed by atoms with Crippen molar-refractivity contribution >= 4 is 5.91 Å². The Hall–Kier alpha value is -1.52. The lowest BCUT2D eigenvalue weighted by atomic mass is 10.2. The fourth-order valence-corrected chi connectivity index (χ4v) is 1.98. The molecule has 1 amide bonds. The summed E-state index contributed by atoms with van der Waals surface area (Å²) in [6.45, 7) is 5.64. The highest BCUT2D eigenvalue weighted by Crippen LogP contribution is 2.18. The zero-order chi connectivity index (χ0) is 12.3. The highest BCUT2D eigenvalue weighted by atomic mass is 16.5. The molecule has 1 unspecified atom stereocenters. The van der Waals surface area contributed by atoms with Crippen LogP contribution in [0.1, 0.15) is 43.6 Å². The molecule has 0 fully saturated rings. The highest BCUT2D eigenvalue weighted by molar-refractivity contribution is 5.92. The minimum absolute atomic E-state index is 0.114. The maximum absolute atomic E-state index is 11.9. The van der Waals surface area contributed by atoms with E-state index in [0.29, 0.717) is 18.2 Å². The second-order valence-corrected chi connectivity index (χ2v) is 4.46. The molecule has 1 aliphatic heterocycles. The summed E-state index contributed by atoms with van der Waals surface area (Å²) in [5, 5.41) is 7.18. The number of fused-ring (bicyclic) bond motifs is 1. The van der Waals surface area contributed by atoms with Crippen LogP contribution in [0.15, 0.2) is 6.07 Å². The molecular weight excluding hydrogens is 218 g/mol. The minimum atomic E-state index is -0.114. The average molecular weight is 237 g/mol. The van der Waals surface area contributed by atoms with Crippen LogP contribution in [0.25, 0.3) is 0 Å². The second-order valence-electron chi connectivity index (χ2n) is 4.46. The van der Waals surface area contributed by atoms with E-state index >= 15 is 0 Å². The molecule has 1 aromatic rings. The van der Waals surface area contributed by atoms with Crippen LogP contribution < -0.4 is 10.1 Å². The number of nitrogens with one attached hydrogen (secondary N) is 1. The number of rotatable bonds is 4. The first-order valence-corrected chi connectivity index (χ1v) is 6.22. The van der Waals surface area contributed by atoms with E-state index in [1.165, 1.54) is 0 Å². The lowest BCUT2D eigenvalue weighted by molar-refractivity contribution is 0.0932. The molecule has 0 saturated heterocycles. The van der Waals surface area contributed by atoms with Crippen LogP contribution in [0.2, 0.25) is 0 Å². The number of nitrogens with zero attached hydrogens (tertiary/aromatic N) is 2. The van der Waals surface area contributed by atoms with E-state index in [-0.39, 0.29) is 11.9 Å². The predicted molar refractivity (Wildman–Crippen MR) is 64.2 cm³/mol. The standard InChI is InChI=1S/C12H19N3O2/c1-3-5-9(2)13-12(16)10-8-11-15(14-10)6-4-7-17-11/h8-9H,3-7H2,1-2H3,(H,13,16). The molecule has 0 spiro atoms. The molecule has 0 bridgehead atoms. The first-order valence-electron chi connectivity index (χ1n) is 6.22. The van der Waals surface area contributed by atoms with Gasteiger partial charge in [0.15, 0.2) is 5.69 Å². The van der Waals surface area contributed by atoms with Crippen molar-refractivity contribution < 1.29 is 9.53 Å². The molecule has 1 aromatic heterocycles. The summed E-state index contributed by atoms with van der Waals surface area (Å²) in [5.41, 5.74) is 0.449. The average Bonchev–Trinajstić information content (AvgIpc) is 2.72. The normalized spacial score (nSPS) is 15.9. The van der Waals surface area contributed by atoms with Crippen LogP contribution in [0.5, 0.6) is 5.88 Å². The van der Waals surface area contributed by atoms with Crippen LogP contribution in [0, 0.1) is 0 Å². The van der Waals surface area contributed by atoms with Crippen molar-refractivity contribution in [2.45, 2.75) is 45.7 Å². The fraction of sp³-hybridized carbons (Fsp3) is 0.667. The van der Waals surface area contributed by atoms with Crippen LogP contribution in [-0.2, 0) is 6.54 Å². The minimum Gasteiger partial charge on any atom is -0.478 e. The van der Waals surface area contributed by atoms with Gasteiger partial charge in [-0.1, -0.05) is 13.3 Å². The summed E-state index contributed by atoms with van der Waals surface area (Å²) in [5.74, 6) is 0.584. The predicted octanol–water partition coefficient (Wildman–Crippen LogP) is 1.58. The monoisotopic (exact) mass is 237 g/mol. The van der Waals surface area contributed by atoms with E-state index in [2.05, 4.69) is 17.3 Å². The van der Waals surface area contributed by atoms with Gasteiger partial charge in [0.1, 0.15) is 0 Å². The Labute approximate surface area is 101 Å². The number of aromatic nitrogens is 2. The Balaban J connectivity index is 2.01. The van der Waals surface area contributed by atoms with Crippen molar-refractivity contribution in [1.82, 2.24) is 15.1 Å². The van der Waals surface area contributed by atoms with Gasteiger partial charge in [-0.3, -0.25) is 4.79 Å². The topological polar surface area (TPSA) is 56.2 Å². The summed E-state index contributed by atoms with van der Waals surface area (Å²) in [4.78, 5) is 11.9. The Morgan fingerprint density at radius 2 is 2.53 bits per heavy atom. The quantitative estimate of drug-likeness (QED) is 0.865. The van der Waals surface area contributed by atoms with E-state index in [1.54, 1.807) is 10.7 Å². The number of hydrogen-bond acceptors (Lipinski definition) is 3. The summed E-state index contributed by atoms with van der Waals surface area (Å²) in [7, 11) is 0. The molecule has 2 heterocycles. The Morgan fingerprint density at radius 1 is 1.71 bits per heavy atom. The molecule has 0 radical (unpaired) electrons. The largest absolute Gasteiger partial charge is 0.478 e. The van der Waals surface area contributed by atoms with Crippen LogP contribution in [-0.4, -0.2) is 28.3 Å². The zero-order valence-corrected chi connectivity index (χ0v) is 10.4. The molecule has 94 valence electrons. The van der Waals surface area contributed by atoms with Crippen molar-refractivity contribution in [3.8, 4) is 5.88 Å². The van der Waals surface area contributed by atoms with Gasteiger partial charge < -0.3 is 10.1 Å². The van der Waals surface area contributed by atoms with E-state index in [0.717, 1.165) is 25.8 Å². The molecule has 5 nitrogen and oxygen atoms in total. The third-order valence-corrected chi connectivity index (χ3v) is 2.84. The molecule has 1 atom stereocenters. The first-order chi connectivity index (χ1) is 8.20. The van der Waals surface area contributed by atoms with Crippen molar-refractivity contribution in [2.75, 3.05) is 6.61 Å². The van der Waals surface area contributed by atoms with Crippen molar-refractivity contribution in [2.24, 2.45) is 0 Å². The van der Waals surface area contributed by atoms with Gasteiger partial charge in [-0.15, -0.1) is 0 Å². The fourth-order valence-electron chi connectivity index (χ4n) is 1.98. The van der Waals surface area contributed by atoms with Crippen molar-refractivity contribution in [3.05, 3.63) is 11.8 Å². The van der Waals surface area contributed by atoms with Gasteiger partial charge in [0, 0.05) is 25.1 Å². The third-order valence-electron chi connectivity index (χ3n) is 2.84. The summed E-state index contributed by atoms with van der Waals surface area (Å²) < 4.78 is 7.18. The third kappa shape index (κ3) is 2.78. The number of amides is 1. The number of hydrogen-bond donors (Lipinski definition) is 1. The smallest absolute Gasteiger partial charge is 0.272 e. The zero-order valence-electron chi connectivity index (χ0n) is 10.4. The van der Waals surface area contributed by atoms with Gasteiger partial charge in [-0.05, 0) is 13.3 Å². The van der Waals surface area contributed by atoms with Crippen LogP contribution in [0.3, 0.4) is 0 Å². The molecular formula is C12H19N3O2. The van der Waals surface area contributed by atoms with Gasteiger partial charge in [0.25, 0.3) is 5.91 Å². The van der Waals surface area contributed by atoms with Crippen LogP contribution >= 0.6 is 0 Å². The molecule has 1 aliphatic rings. The van der Waals surface area contributed by atoms with Gasteiger partial charge >= 0.3 is 0 Å². The number of carbonyl (C=O) groups excluding carboxylic acids is 1. The van der Waals surface area contributed by atoms with Crippen molar-refractivity contribution in [3.63, 3.8) is 0 Å². The van der Waals surface area contributed by atoms with E-state index in [4.69, 9.17) is 4.74 Å². The van der Waals surface area contributed by atoms with E-state index in [1.807, 2.05) is 6.92 Å². The second kappa shape index (κ2) is 5.21. The van der Waals surface area contributed by atoms with E-state index < -0.39 is 0 Å². The Kier molecular flexibility index (Phi) is 3.66. The molecule has 0 aliphatic carbocycles. The summed E-state index contributed by atoms with van der Waals surface area (Å²) in [6, 6.07) is 1.90. The highest BCUT2D eigenvalue weighted by Gasteiger charge is 2.18. The maximum Gasteiger partial charge on any atom is 0.272 e. The Bertz CT molecular complexity index is 377. The maximum atomic E-state index is 11.9. The van der Waals surface area contributed by atoms with Gasteiger partial charge in [-0.25, -0.2) is 4.68 Å². The van der Waals surface area contributed by atoms with Gasteiger partial charge in [0.05, 0.1) is 6.61 Å². The molecule has 0 saturated carbocycles. The van der Waals surface area contributed by atoms with Crippen LogP contribution in [0.4, 0.5) is 0 Å². The lowest BCUT2D eigenvalue weighted by Crippen LogP contribution is -2.32.